The summed E-state index contributed by atoms with van der Waals surface area (Å²) in [6, 6.07) is 18.0. The first-order valence-corrected chi connectivity index (χ1v) is 18.1. The normalized spacial score (nSPS) is 14.4. The Balaban J connectivity index is 1.74. The maximum absolute atomic E-state index is 14.4. The lowest BCUT2D eigenvalue weighted by molar-refractivity contribution is -0.140. The smallest absolute Gasteiger partial charge is 0.264 e. The summed E-state index contributed by atoms with van der Waals surface area (Å²) in [6.07, 6.45) is 7.16. The second-order valence-corrected chi connectivity index (χ2v) is 13.7. The molecule has 0 radical (unpaired) electrons. The zero-order valence-electron chi connectivity index (χ0n) is 26.1. The number of thioether (sulfide) groups is 1. The van der Waals surface area contributed by atoms with E-state index in [9.17, 15) is 22.4 Å². The van der Waals surface area contributed by atoms with Gasteiger partial charge in [0.1, 0.15) is 24.2 Å². The molecule has 2 amide bonds. The summed E-state index contributed by atoms with van der Waals surface area (Å²) in [5.41, 5.74) is 0.827. The molecule has 1 saturated carbocycles. The summed E-state index contributed by atoms with van der Waals surface area (Å²) in [5.74, 6) is -0.961. The summed E-state index contributed by atoms with van der Waals surface area (Å²) >= 11 is 1.49. The minimum absolute atomic E-state index is 0.000872. The molecule has 4 rings (SSSR count). The lowest BCUT2D eigenvalue weighted by Crippen LogP contribution is -2.54. The van der Waals surface area contributed by atoms with Crippen LogP contribution < -0.4 is 14.4 Å². The van der Waals surface area contributed by atoms with Crippen LogP contribution in [-0.4, -0.2) is 56.6 Å². The van der Waals surface area contributed by atoms with Crippen molar-refractivity contribution in [2.24, 2.45) is 0 Å². The Hall–Kier alpha value is -3.57. The maximum Gasteiger partial charge on any atom is 0.264 e. The highest BCUT2D eigenvalue weighted by Gasteiger charge is 2.35. The molecule has 242 valence electrons. The van der Waals surface area contributed by atoms with Crippen molar-refractivity contribution in [3.8, 4) is 5.75 Å². The molecule has 1 N–H and O–H groups in total. The largest absolute Gasteiger partial charge is 0.492 e. The average Bonchev–Trinajstić information content (AvgIpc) is 3.05. The standard InChI is InChI=1S/C34H42FN3O5S2/c1-4-30(34(40)36-27-11-7-6-8-12-27)37(23-25-15-17-26(35)18-16-25)33(39)24-38(31-13-9-10-14-32(31)43-5-2)45(41,42)29-21-19-28(44-3)20-22-29/h9-10,13-22,27,30H,4-8,11-12,23-24H2,1-3H3,(H,36,40)/t30-/m1/s1. The van der Waals surface area contributed by atoms with Gasteiger partial charge in [0.2, 0.25) is 11.8 Å². The highest BCUT2D eigenvalue weighted by molar-refractivity contribution is 7.98. The van der Waals surface area contributed by atoms with E-state index in [1.54, 1.807) is 55.5 Å². The molecule has 8 nitrogen and oxygen atoms in total. The van der Waals surface area contributed by atoms with Gasteiger partial charge < -0.3 is 15.0 Å². The van der Waals surface area contributed by atoms with Crippen molar-refractivity contribution in [3.63, 3.8) is 0 Å². The van der Waals surface area contributed by atoms with Crippen molar-refractivity contribution in [2.75, 3.05) is 23.7 Å². The molecule has 0 saturated heterocycles. The Morgan fingerprint density at radius 3 is 2.27 bits per heavy atom. The number of carbonyl (C=O) groups excluding carboxylic acids is 2. The van der Waals surface area contributed by atoms with Crippen LogP contribution in [0.15, 0.2) is 82.6 Å². The zero-order chi connectivity index (χ0) is 32.4. The van der Waals surface area contributed by atoms with E-state index >= 15 is 0 Å². The van der Waals surface area contributed by atoms with E-state index in [0.717, 1.165) is 41.3 Å². The molecule has 0 spiro atoms. The third-order valence-corrected chi connectivity index (χ3v) is 10.5. The van der Waals surface area contributed by atoms with Crippen LogP contribution in [0.4, 0.5) is 10.1 Å². The van der Waals surface area contributed by atoms with Crippen molar-refractivity contribution < 1.29 is 27.1 Å². The first kappa shape index (κ1) is 34.3. The first-order chi connectivity index (χ1) is 21.7. The van der Waals surface area contributed by atoms with Gasteiger partial charge in [-0.1, -0.05) is 50.5 Å². The quantitative estimate of drug-likeness (QED) is 0.202. The fourth-order valence-corrected chi connectivity index (χ4v) is 7.41. The monoisotopic (exact) mass is 655 g/mol. The molecule has 0 unspecified atom stereocenters. The van der Waals surface area contributed by atoms with Gasteiger partial charge in [-0.15, -0.1) is 11.8 Å². The minimum atomic E-state index is -4.26. The number of para-hydroxylation sites is 2. The average molecular weight is 656 g/mol. The van der Waals surface area contributed by atoms with Gasteiger partial charge in [0, 0.05) is 17.5 Å². The summed E-state index contributed by atoms with van der Waals surface area (Å²) < 4.78 is 49.1. The van der Waals surface area contributed by atoms with Crippen LogP contribution in [0.2, 0.25) is 0 Å². The highest BCUT2D eigenvalue weighted by atomic mass is 32.2. The van der Waals surface area contributed by atoms with Gasteiger partial charge in [-0.3, -0.25) is 13.9 Å². The van der Waals surface area contributed by atoms with Crippen molar-refractivity contribution >= 4 is 39.3 Å². The second-order valence-electron chi connectivity index (χ2n) is 11.0. The van der Waals surface area contributed by atoms with Crippen LogP contribution in [0.3, 0.4) is 0 Å². The Labute approximate surface area is 270 Å². The van der Waals surface area contributed by atoms with Gasteiger partial charge in [-0.2, -0.15) is 0 Å². The molecule has 1 atom stereocenters. The number of rotatable bonds is 14. The summed E-state index contributed by atoms with van der Waals surface area (Å²) in [6.45, 7) is 3.33. The Morgan fingerprint density at radius 1 is 0.978 bits per heavy atom. The summed E-state index contributed by atoms with van der Waals surface area (Å²) in [7, 11) is -4.26. The van der Waals surface area contributed by atoms with Gasteiger partial charge in [-0.25, -0.2) is 12.8 Å². The van der Waals surface area contributed by atoms with Crippen molar-refractivity contribution in [3.05, 3.63) is 84.2 Å². The molecule has 0 aromatic heterocycles. The topological polar surface area (TPSA) is 96.0 Å². The predicted molar refractivity (Wildman–Crippen MR) is 176 cm³/mol. The number of nitrogens with one attached hydrogen (secondary N) is 1. The van der Waals surface area contributed by atoms with Gasteiger partial charge in [0.05, 0.1) is 17.2 Å². The summed E-state index contributed by atoms with van der Waals surface area (Å²) in [4.78, 5) is 30.4. The SMILES string of the molecule is CCOc1ccccc1N(CC(=O)N(Cc1ccc(F)cc1)[C@H](CC)C(=O)NC1CCCCC1)S(=O)(=O)c1ccc(SC)cc1. The summed E-state index contributed by atoms with van der Waals surface area (Å²) in [5, 5.41) is 3.13. The number of hydrogen-bond acceptors (Lipinski definition) is 6. The van der Waals surface area contributed by atoms with Crippen LogP contribution in [-0.2, 0) is 26.2 Å². The highest BCUT2D eigenvalue weighted by Crippen LogP contribution is 2.33. The molecule has 1 aliphatic carbocycles. The van der Waals surface area contributed by atoms with Crippen LogP contribution in [0, 0.1) is 5.82 Å². The Bertz CT molecular complexity index is 1530. The number of carbonyl (C=O) groups is 2. The van der Waals surface area contributed by atoms with Crippen LogP contribution >= 0.6 is 11.8 Å². The van der Waals surface area contributed by atoms with E-state index in [-0.39, 0.29) is 35.7 Å². The number of nitrogens with zero attached hydrogens (tertiary/aromatic N) is 2. The van der Waals surface area contributed by atoms with Crippen molar-refractivity contribution in [1.29, 1.82) is 0 Å². The Kier molecular flexibility index (Phi) is 12.3. The van der Waals surface area contributed by atoms with Gasteiger partial charge >= 0.3 is 0 Å². The van der Waals surface area contributed by atoms with Gasteiger partial charge in [0.15, 0.2) is 0 Å². The molecule has 45 heavy (non-hydrogen) atoms. The second kappa shape index (κ2) is 16.1. The van der Waals surface area contributed by atoms with Crippen LogP contribution in [0.1, 0.15) is 57.9 Å². The molecule has 3 aromatic carbocycles. The molecule has 1 aliphatic rings. The molecule has 0 heterocycles. The lowest BCUT2D eigenvalue weighted by Gasteiger charge is -2.34. The molecular formula is C34H42FN3O5S2. The minimum Gasteiger partial charge on any atom is -0.492 e. The number of sulfonamides is 1. The first-order valence-electron chi connectivity index (χ1n) is 15.4. The van der Waals surface area contributed by atoms with Crippen LogP contribution in [0.5, 0.6) is 5.75 Å². The zero-order valence-corrected chi connectivity index (χ0v) is 27.7. The van der Waals surface area contributed by atoms with E-state index in [1.165, 1.54) is 40.9 Å². The van der Waals surface area contributed by atoms with E-state index in [2.05, 4.69) is 5.32 Å². The number of ether oxygens (including phenoxy) is 1. The number of halogens is 1. The molecule has 1 fully saturated rings. The number of amides is 2. The molecule has 0 bridgehead atoms. The fraction of sp³-hybridized carbons (Fsp3) is 0.412. The molecular weight excluding hydrogens is 614 g/mol. The van der Waals surface area contributed by atoms with E-state index in [1.807, 2.05) is 13.2 Å². The third-order valence-electron chi connectivity index (χ3n) is 7.96. The van der Waals surface area contributed by atoms with Crippen molar-refractivity contribution in [1.82, 2.24) is 10.2 Å². The van der Waals surface area contributed by atoms with E-state index in [0.29, 0.717) is 17.7 Å². The fourth-order valence-electron chi connectivity index (χ4n) is 5.58. The third kappa shape index (κ3) is 8.79. The Morgan fingerprint density at radius 2 is 1.64 bits per heavy atom. The molecule has 3 aromatic rings. The predicted octanol–water partition coefficient (Wildman–Crippen LogP) is 6.40. The van der Waals surface area contributed by atoms with E-state index < -0.39 is 34.3 Å². The number of hydrogen-bond donors (Lipinski definition) is 1. The van der Waals surface area contributed by atoms with Gasteiger partial charge in [0.25, 0.3) is 10.0 Å². The van der Waals surface area contributed by atoms with Gasteiger partial charge in [-0.05, 0) is 86.5 Å². The lowest BCUT2D eigenvalue weighted by atomic mass is 9.95. The van der Waals surface area contributed by atoms with Crippen LogP contribution in [0.25, 0.3) is 0 Å². The maximum atomic E-state index is 14.4. The molecule has 0 aliphatic heterocycles. The number of anilines is 1. The van der Waals surface area contributed by atoms with Crippen molar-refractivity contribution in [2.45, 2.75) is 80.8 Å². The van der Waals surface area contributed by atoms with E-state index in [4.69, 9.17) is 4.74 Å². The number of benzene rings is 3. The molecule has 11 heteroatoms.